The first-order valence-electron chi connectivity index (χ1n) is 11.7. The fourth-order valence-corrected chi connectivity index (χ4v) is 3.81. The van der Waals surface area contributed by atoms with Gasteiger partial charge in [0.2, 0.25) is 0 Å². The maximum Gasteiger partial charge on any atom is 0.0245 e. The molecule has 2 fully saturated rings. The summed E-state index contributed by atoms with van der Waals surface area (Å²) < 4.78 is 0. The second kappa shape index (κ2) is 17.5. The molecule has 0 spiro atoms. The van der Waals surface area contributed by atoms with Gasteiger partial charge in [0.25, 0.3) is 0 Å². The molecule has 2 aliphatic heterocycles. The fourth-order valence-electron chi connectivity index (χ4n) is 3.81. The van der Waals surface area contributed by atoms with Crippen molar-refractivity contribution < 1.29 is 0 Å². The smallest absolute Gasteiger partial charge is 0.0245 e. The molecule has 2 heterocycles. The molecule has 0 aromatic carbocycles. The standard InChI is InChI=1S/C20H46N8/c1-4-21-6-2-8-25-16-19(17-26-9-3-7-22-5-1)20-18-27-13-12-23-10-11-24-14-15-28-20/h19-28H,1-18H2. The third kappa shape index (κ3) is 12.3. The van der Waals surface area contributed by atoms with Gasteiger partial charge in [0.15, 0.2) is 0 Å². The Balaban J connectivity index is 1.81. The van der Waals surface area contributed by atoms with Crippen LogP contribution in [-0.4, -0.2) is 104 Å². The van der Waals surface area contributed by atoms with Crippen LogP contribution in [0.5, 0.6) is 0 Å². The number of hydrogen-bond acceptors (Lipinski definition) is 8. The van der Waals surface area contributed by atoms with Gasteiger partial charge < -0.3 is 42.5 Å². The zero-order valence-electron chi connectivity index (χ0n) is 17.9. The lowest BCUT2D eigenvalue weighted by Crippen LogP contribution is -2.53. The van der Waals surface area contributed by atoms with Crippen LogP contribution in [0, 0.1) is 5.92 Å². The monoisotopic (exact) mass is 398 g/mol. The highest BCUT2D eigenvalue weighted by Crippen LogP contribution is 2.02. The van der Waals surface area contributed by atoms with E-state index in [-0.39, 0.29) is 0 Å². The summed E-state index contributed by atoms with van der Waals surface area (Å²) in [6.07, 6.45) is 3.60. The van der Waals surface area contributed by atoms with Gasteiger partial charge in [0.1, 0.15) is 0 Å². The van der Waals surface area contributed by atoms with Crippen LogP contribution in [0.3, 0.4) is 0 Å². The fraction of sp³-hybridized carbons (Fsp3) is 1.00. The van der Waals surface area contributed by atoms with Gasteiger partial charge in [0, 0.05) is 70.9 Å². The molecule has 8 nitrogen and oxygen atoms in total. The van der Waals surface area contributed by atoms with Crippen molar-refractivity contribution in [2.24, 2.45) is 5.92 Å². The van der Waals surface area contributed by atoms with Gasteiger partial charge in [-0.3, -0.25) is 0 Å². The molecule has 28 heavy (non-hydrogen) atoms. The van der Waals surface area contributed by atoms with Crippen LogP contribution in [-0.2, 0) is 0 Å². The highest BCUT2D eigenvalue weighted by atomic mass is 15.1. The Labute approximate surface area is 172 Å². The zero-order chi connectivity index (χ0) is 19.5. The van der Waals surface area contributed by atoms with E-state index in [9.17, 15) is 0 Å². The van der Waals surface area contributed by atoms with Crippen LogP contribution in [0.4, 0.5) is 0 Å². The molecule has 0 saturated carbocycles. The van der Waals surface area contributed by atoms with Gasteiger partial charge in [0.05, 0.1) is 0 Å². The zero-order valence-corrected chi connectivity index (χ0v) is 17.9. The summed E-state index contributed by atoms with van der Waals surface area (Å²) in [4.78, 5) is 0. The molecule has 0 bridgehead atoms. The molecule has 1 unspecified atom stereocenters. The quantitative estimate of drug-likeness (QED) is 0.254. The minimum absolute atomic E-state index is 0.483. The van der Waals surface area contributed by atoms with Crippen molar-refractivity contribution >= 4 is 0 Å². The van der Waals surface area contributed by atoms with Crippen molar-refractivity contribution in [3.8, 4) is 0 Å². The molecule has 0 radical (unpaired) electrons. The molecule has 166 valence electrons. The summed E-state index contributed by atoms with van der Waals surface area (Å²) >= 11 is 0. The van der Waals surface area contributed by atoms with Gasteiger partial charge in [-0.25, -0.2) is 0 Å². The van der Waals surface area contributed by atoms with E-state index in [4.69, 9.17) is 0 Å². The molecule has 0 amide bonds. The molecule has 2 saturated heterocycles. The molecular formula is C20H46N8. The van der Waals surface area contributed by atoms with Gasteiger partial charge in [-0.15, -0.1) is 0 Å². The SMILES string of the molecule is C1CNCCCNCC(C2CNCCNCCNCCN2)CNCCCNC1. The Bertz CT molecular complexity index is 316. The Kier molecular flexibility index (Phi) is 15.0. The van der Waals surface area contributed by atoms with E-state index in [2.05, 4.69) is 42.5 Å². The second-order valence-electron chi connectivity index (χ2n) is 7.99. The highest BCUT2D eigenvalue weighted by molar-refractivity contribution is 4.83. The number of hydrogen-bond donors (Lipinski definition) is 8. The summed E-state index contributed by atoms with van der Waals surface area (Å²) in [6, 6.07) is 0.483. The van der Waals surface area contributed by atoms with E-state index in [1.807, 2.05) is 0 Å². The Morgan fingerprint density at radius 3 is 1.32 bits per heavy atom. The van der Waals surface area contributed by atoms with Crippen molar-refractivity contribution in [1.82, 2.24) is 42.5 Å². The molecule has 2 rings (SSSR count). The molecular weight excluding hydrogens is 352 g/mol. The van der Waals surface area contributed by atoms with E-state index in [1.54, 1.807) is 0 Å². The summed E-state index contributed by atoms with van der Waals surface area (Å²) in [5, 5.41) is 29.0. The summed E-state index contributed by atoms with van der Waals surface area (Å²) in [5.41, 5.74) is 0. The Morgan fingerprint density at radius 1 is 0.357 bits per heavy atom. The van der Waals surface area contributed by atoms with Gasteiger partial charge in [-0.05, 0) is 58.5 Å². The van der Waals surface area contributed by atoms with Crippen LogP contribution < -0.4 is 42.5 Å². The summed E-state index contributed by atoms with van der Waals surface area (Å²) in [7, 11) is 0. The predicted molar refractivity (Wildman–Crippen MR) is 119 cm³/mol. The van der Waals surface area contributed by atoms with Gasteiger partial charge in [-0.2, -0.15) is 0 Å². The highest BCUT2D eigenvalue weighted by Gasteiger charge is 2.20. The maximum atomic E-state index is 3.81. The van der Waals surface area contributed by atoms with E-state index >= 15 is 0 Å². The Hall–Kier alpha value is -0.320. The van der Waals surface area contributed by atoms with Gasteiger partial charge in [-0.1, -0.05) is 0 Å². The summed E-state index contributed by atoms with van der Waals surface area (Å²) in [6.45, 7) is 16.0. The van der Waals surface area contributed by atoms with Crippen molar-refractivity contribution in [3.63, 3.8) is 0 Å². The average Bonchev–Trinajstić information content (AvgIpc) is 2.69. The normalized spacial score (nSPS) is 28.1. The van der Waals surface area contributed by atoms with Crippen molar-refractivity contribution in [2.45, 2.75) is 25.3 Å². The third-order valence-electron chi connectivity index (χ3n) is 5.53. The molecule has 0 aromatic rings. The maximum absolute atomic E-state index is 3.81. The first-order valence-corrected chi connectivity index (χ1v) is 11.7. The van der Waals surface area contributed by atoms with E-state index in [1.165, 1.54) is 19.3 Å². The number of nitrogens with one attached hydrogen (secondary N) is 8. The molecule has 8 heteroatoms. The van der Waals surface area contributed by atoms with E-state index in [0.29, 0.717) is 12.0 Å². The third-order valence-corrected chi connectivity index (χ3v) is 5.53. The first-order chi connectivity index (χ1) is 14.0. The van der Waals surface area contributed by atoms with E-state index < -0.39 is 0 Å². The Morgan fingerprint density at radius 2 is 0.750 bits per heavy atom. The average molecular weight is 399 g/mol. The lowest BCUT2D eigenvalue weighted by atomic mass is 9.98. The van der Waals surface area contributed by atoms with Crippen molar-refractivity contribution in [3.05, 3.63) is 0 Å². The first kappa shape index (κ1) is 24.0. The van der Waals surface area contributed by atoms with Crippen LogP contribution in [0.25, 0.3) is 0 Å². The van der Waals surface area contributed by atoms with Crippen molar-refractivity contribution in [1.29, 1.82) is 0 Å². The molecule has 1 atom stereocenters. The number of rotatable bonds is 1. The lowest BCUT2D eigenvalue weighted by molar-refractivity contribution is 0.310. The topological polar surface area (TPSA) is 96.2 Å². The van der Waals surface area contributed by atoms with Gasteiger partial charge >= 0.3 is 0 Å². The largest absolute Gasteiger partial charge is 0.317 e. The van der Waals surface area contributed by atoms with Crippen LogP contribution in [0.15, 0.2) is 0 Å². The van der Waals surface area contributed by atoms with Crippen LogP contribution in [0.1, 0.15) is 19.3 Å². The molecule has 2 aliphatic rings. The van der Waals surface area contributed by atoms with E-state index in [0.717, 1.165) is 98.2 Å². The minimum Gasteiger partial charge on any atom is -0.317 e. The molecule has 0 aliphatic carbocycles. The summed E-state index contributed by atoms with van der Waals surface area (Å²) in [5.74, 6) is 0.581. The second-order valence-corrected chi connectivity index (χ2v) is 7.99. The van der Waals surface area contributed by atoms with Crippen LogP contribution in [0.2, 0.25) is 0 Å². The van der Waals surface area contributed by atoms with Crippen molar-refractivity contribution in [2.75, 3.05) is 98.2 Å². The predicted octanol–water partition coefficient (Wildman–Crippen LogP) is -2.11. The molecule has 8 N–H and O–H groups in total. The van der Waals surface area contributed by atoms with Crippen LogP contribution >= 0.6 is 0 Å². The molecule has 0 aromatic heterocycles. The lowest BCUT2D eigenvalue weighted by Gasteiger charge is -2.30. The minimum atomic E-state index is 0.483.